The molecule has 0 aromatic carbocycles. The van der Waals surface area contributed by atoms with Crippen molar-refractivity contribution < 1.29 is 4.57 Å². The fraction of sp³-hybridized carbons (Fsp3) is 0.500. The predicted octanol–water partition coefficient (Wildman–Crippen LogP) is -2.83. The molecule has 0 amide bonds. The SMILES string of the molecule is c1c[n+](Cc2nn[nH]n2)cn1CCC1NNNN1. The Morgan fingerprint density at radius 3 is 3.00 bits per heavy atom. The third-order valence-electron chi connectivity index (χ3n) is 2.69. The predicted molar refractivity (Wildman–Crippen MR) is 58.9 cm³/mol. The molecule has 0 unspecified atom stereocenters. The Kier molecular flexibility index (Phi) is 3.23. The molecule has 0 aliphatic carbocycles. The van der Waals surface area contributed by atoms with Gasteiger partial charge in [0.05, 0.1) is 12.7 Å². The number of rotatable bonds is 5. The molecule has 0 bridgehead atoms. The van der Waals surface area contributed by atoms with Gasteiger partial charge in [0, 0.05) is 6.42 Å². The fourth-order valence-electron chi connectivity index (χ4n) is 1.78. The molecule has 1 fully saturated rings. The van der Waals surface area contributed by atoms with Crippen LogP contribution >= 0.6 is 0 Å². The van der Waals surface area contributed by atoms with E-state index in [0.717, 1.165) is 13.0 Å². The Hall–Kier alpha value is -1.88. The Balaban J connectivity index is 1.52. The van der Waals surface area contributed by atoms with Gasteiger partial charge in [-0.25, -0.2) is 20.0 Å². The summed E-state index contributed by atoms with van der Waals surface area (Å²) < 4.78 is 4.12. The first-order chi connectivity index (χ1) is 8.90. The lowest BCUT2D eigenvalue weighted by Crippen LogP contribution is -2.35. The Morgan fingerprint density at radius 1 is 1.33 bits per heavy atom. The number of aromatic nitrogens is 6. The molecule has 2 aromatic rings. The van der Waals surface area contributed by atoms with E-state index in [4.69, 9.17) is 0 Å². The zero-order valence-electron chi connectivity index (χ0n) is 9.67. The topological polar surface area (TPSA) is 111 Å². The van der Waals surface area contributed by atoms with Crippen LogP contribution in [0.4, 0.5) is 0 Å². The molecular formula is C8H15N10+. The Bertz CT molecular complexity index is 470. The number of hydrogen-bond donors (Lipinski definition) is 5. The Labute approximate surface area is 103 Å². The molecule has 96 valence electrons. The van der Waals surface area contributed by atoms with Crippen LogP contribution in [0.2, 0.25) is 0 Å². The van der Waals surface area contributed by atoms with Crippen LogP contribution in [0.5, 0.6) is 0 Å². The highest BCUT2D eigenvalue weighted by molar-refractivity contribution is 4.73. The standard InChI is InChI=1S/C8H15N10/c1(7-9-13-14-10-7)2-17-3-4-18(6-17)5-8-11-15-16-12-8/h3-4,6-7,9-10,13-14H,1-2,5H2,(H,11,12,15,16)/q+1. The summed E-state index contributed by atoms with van der Waals surface area (Å²) in [6.45, 7) is 1.53. The van der Waals surface area contributed by atoms with Crippen LogP contribution in [0.25, 0.3) is 0 Å². The number of aromatic amines is 1. The van der Waals surface area contributed by atoms with Crippen LogP contribution in [0, 0.1) is 0 Å². The van der Waals surface area contributed by atoms with Crippen LogP contribution in [-0.4, -0.2) is 31.4 Å². The third-order valence-corrected chi connectivity index (χ3v) is 2.69. The van der Waals surface area contributed by atoms with E-state index in [0.29, 0.717) is 12.4 Å². The highest BCUT2D eigenvalue weighted by atomic mass is 15.8. The molecule has 5 N–H and O–H groups in total. The summed E-state index contributed by atoms with van der Waals surface area (Å²) in [5.41, 5.74) is 11.7. The van der Waals surface area contributed by atoms with Gasteiger partial charge in [0.1, 0.15) is 12.4 Å². The lowest BCUT2D eigenvalue weighted by atomic mass is 10.3. The van der Waals surface area contributed by atoms with Gasteiger partial charge in [0.15, 0.2) is 6.54 Å². The van der Waals surface area contributed by atoms with Crippen LogP contribution < -0.4 is 26.5 Å². The van der Waals surface area contributed by atoms with E-state index < -0.39 is 0 Å². The van der Waals surface area contributed by atoms with Crippen LogP contribution in [0.1, 0.15) is 12.2 Å². The monoisotopic (exact) mass is 251 g/mol. The minimum atomic E-state index is 0.220. The Morgan fingerprint density at radius 2 is 2.22 bits per heavy atom. The van der Waals surface area contributed by atoms with Crippen molar-refractivity contribution in [3.8, 4) is 0 Å². The molecule has 1 aliphatic rings. The first-order valence-corrected chi connectivity index (χ1v) is 5.68. The maximum absolute atomic E-state index is 3.92. The smallest absolute Gasteiger partial charge is 0.237 e. The van der Waals surface area contributed by atoms with Crippen molar-refractivity contribution in [2.24, 2.45) is 0 Å². The summed E-state index contributed by atoms with van der Waals surface area (Å²) in [5, 5.41) is 13.8. The minimum Gasteiger partial charge on any atom is -0.237 e. The summed E-state index contributed by atoms with van der Waals surface area (Å²) >= 11 is 0. The number of H-pyrrole nitrogens is 1. The van der Waals surface area contributed by atoms with Crippen LogP contribution in [0.15, 0.2) is 18.7 Å². The molecule has 1 saturated heterocycles. The van der Waals surface area contributed by atoms with E-state index in [9.17, 15) is 0 Å². The van der Waals surface area contributed by atoms with Crippen molar-refractivity contribution in [3.05, 3.63) is 24.5 Å². The van der Waals surface area contributed by atoms with Crippen LogP contribution in [-0.2, 0) is 13.1 Å². The zero-order valence-corrected chi connectivity index (χ0v) is 9.67. The van der Waals surface area contributed by atoms with Crippen molar-refractivity contribution in [1.82, 2.24) is 47.1 Å². The highest BCUT2D eigenvalue weighted by Crippen LogP contribution is 1.94. The third kappa shape index (κ3) is 2.68. The first kappa shape index (κ1) is 11.2. The average molecular weight is 251 g/mol. The summed E-state index contributed by atoms with van der Waals surface area (Å²) in [7, 11) is 0. The van der Waals surface area contributed by atoms with E-state index in [1.165, 1.54) is 0 Å². The normalized spacial score (nSPS) is 16.4. The fourth-order valence-corrected chi connectivity index (χ4v) is 1.78. The van der Waals surface area contributed by atoms with E-state index in [2.05, 4.69) is 47.1 Å². The zero-order chi connectivity index (χ0) is 12.2. The molecule has 0 saturated carbocycles. The van der Waals surface area contributed by atoms with Crippen molar-refractivity contribution in [1.29, 1.82) is 0 Å². The number of hydrogen-bond acceptors (Lipinski definition) is 7. The van der Waals surface area contributed by atoms with Gasteiger partial charge < -0.3 is 0 Å². The molecular weight excluding hydrogens is 236 g/mol. The average Bonchev–Trinajstić information content (AvgIpc) is 3.09. The van der Waals surface area contributed by atoms with Gasteiger partial charge in [-0.1, -0.05) is 5.21 Å². The summed E-state index contributed by atoms with van der Waals surface area (Å²) in [4.78, 5) is 0. The van der Waals surface area contributed by atoms with Gasteiger partial charge in [-0.15, -0.1) is 10.2 Å². The molecule has 0 atom stereocenters. The maximum atomic E-state index is 3.92. The number of nitrogens with zero attached hydrogens (tertiary/aromatic N) is 5. The number of imidazole rings is 1. The van der Waals surface area contributed by atoms with Gasteiger partial charge in [-0.3, -0.25) is 0 Å². The molecule has 0 radical (unpaired) electrons. The summed E-state index contributed by atoms with van der Waals surface area (Å²) in [6.07, 6.45) is 7.21. The molecule has 10 heteroatoms. The van der Waals surface area contributed by atoms with E-state index >= 15 is 0 Å². The summed E-state index contributed by atoms with van der Waals surface area (Å²) in [6, 6.07) is 0. The molecule has 2 aromatic heterocycles. The largest absolute Gasteiger partial charge is 0.244 e. The van der Waals surface area contributed by atoms with E-state index in [1.807, 2.05) is 23.3 Å². The highest BCUT2D eigenvalue weighted by Gasteiger charge is 2.14. The second-order valence-electron chi connectivity index (χ2n) is 4.03. The molecule has 3 rings (SSSR count). The molecule has 10 nitrogen and oxygen atoms in total. The molecule has 1 aliphatic heterocycles. The number of aryl methyl sites for hydroxylation is 1. The van der Waals surface area contributed by atoms with E-state index in [-0.39, 0.29) is 6.17 Å². The van der Waals surface area contributed by atoms with Crippen molar-refractivity contribution in [3.63, 3.8) is 0 Å². The maximum Gasteiger partial charge on any atom is 0.244 e. The van der Waals surface area contributed by atoms with Crippen molar-refractivity contribution >= 4 is 0 Å². The lowest BCUT2D eigenvalue weighted by molar-refractivity contribution is -0.688. The minimum absolute atomic E-state index is 0.220. The molecule has 18 heavy (non-hydrogen) atoms. The van der Waals surface area contributed by atoms with Gasteiger partial charge in [0.25, 0.3) is 0 Å². The van der Waals surface area contributed by atoms with Gasteiger partial charge in [0.2, 0.25) is 12.2 Å². The second-order valence-corrected chi connectivity index (χ2v) is 4.03. The van der Waals surface area contributed by atoms with E-state index in [1.54, 1.807) is 0 Å². The van der Waals surface area contributed by atoms with Gasteiger partial charge in [-0.2, -0.15) is 16.3 Å². The van der Waals surface area contributed by atoms with Crippen molar-refractivity contribution in [2.75, 3.05) is 0 Å². The first-order valence-electron chi connectivity index (χ1n) is 5.68. The van der Waals surface area contributed by atoms with Gasteiger partial charge in [-0.05, 0) is 0 Å². The van der Waals surface area contributed by atoms with Crippen LogP contribution in [0.3, 0.4) is 0 Å². The second kappa shape index (κ2) is 5.18. The summed E-state index contributed by atoms with van der Waals surface area (Å²) in [5.74, 6) is 0.672. The number of tetrazole rings is 1. The molecule has 3 heterocycles. The van der Waals surface area contributed by atoms with Crippen molar-refractivity contribution in [2.45, 2.75) is 25.7 Å². The molecule has 0 spiro atoms. The number of nitrogens with one attached hydrogen (secondary N) is 5. The lowest BCUT2D eigenvalue weighted by Gasteiger charge is -2.05. The number of hydrazine groups is 3. The van der Waals surface area contributed by atoms with Gasteiger partial charge >= 0.3 is 0 Å². The quantitative estimate of drug-likeness (QED) is 0.364.